The summed E-state index contributed by atoms with van der Waals surface area (Å²) in [4.78, 5) is 36.6. The Hall–Kier alpha value is -2.26. The first-order chi connectivity index (χ1) is 13.1. The van der Waals surface area contributed by atoms with Crippen LogP contribution in [0.4, 0.5) is 4.79 Å². The van der Waals surface area contributed by atoms with Crippen molar-refractivity contribution in [2.24, 2.45) is 0 Å². The number of alkyl carbamates (subject to hydrolysis) is 1. The molecule has 0 radical (unpaired) electrons. The number of nitrogens with one attached hydrogen (secondary N) is 2. The summed E-state index contributed by atoms with van der Waals surface area (Å²) in [6, 6.07) is 7.93. The van der Waals surface area contributed by atoms with Crippen molar-refractivity contribution < 1.29 is 29.0 Å². The van der Waals surface area contributed by atoms with Gasteiger partial charge in [0.1, 0.15) is 11.6 Å². The number of esters is 1. The molecule has 1 aromatic rings. The summed E-state index contributed by atoms with van der Waals surface area (Å²) in [7, 11) is 1.30. The van der Waals surface area contributed by atoms with Crippen LogP contribution in [0.2, 0.25) is 0 Å². The van der Waals surface area contributed by atoms with E-state index in [9.17, 15) is 19.5 Å². The monoisotopic (exact) mass is 410 g/mol. The van der Waals surface area contributed by atoms with Crippen LogP contribution in [0.25, 0.3) is 0 Å². The van der Waals surface area contributed by atoms with E-state index < -0.39 is 35.2 Å². The number of methoxy groups -OCH3 is 1. The fourth-order valence-electron chi connectivity index (χ4n) is 2.91. The van der Waals surface area contributed by atoms with E-state index in [1.165, 1.54) is 18.9 Å². The van der Waals surface area contributed by atoms with E-state index in [0.717, 1.165) is 0 Å². The lowest BCUT2D eigenvalue weighted by atomic mass is 9.86. The van der Waals surface area contributed by atoms with E-state index in [-0.39, 0.29) is 11.8 Å². The van der Waals surface area contributed by atoms with Crippen LogP contribution in [0, 0.1) is 0 Å². The van der Waals surface area contributed by atoms with Gasteiger partial charge in [0.25, 0.3) is 0 Å². The Morgan fingerprint density at radius 3 is 2.43 bits per heavy atom. The van der Waals surface area contributed by atoms with Gasteiger partial charge in [-0.1, -0.05) is 30.3 Å². The number of carboxylic acids is 1. The smallest absolute Gasteiger partial charge is 0.408 e. The molecule has 1 aliphatic heterocycles. The van der Waals surface area contributed by atoms with Crippen LogP contribution < -0.4 is 10.6 Å². The number of benzene rings is 1. The van der Waals surface area contributed by atoms with Gasteiger partial charge in [0.2, 0.25) is 0 Å². The topological polar surface area (TPSA) is 114 Å². The molecule has 1 amide bonds. The third-order valence-corrected chi connectivity index (χ3v) is 5.41. The molecular formula is C19H26N2O6S. The van der Waals surface area contributed by atoms with Crippen molar-refractivity contribution in [3.63, 3.8) is 0 Å². The standard InChI is InChI=1S/C19H26N2O6S/c1-18(2,3)27-17(25)21-19(16(23)24,12-8-6-5-7-9-12)10-14-20-13(11-28-14)15(22)26-4/h5-9,13-14,20H,10-11H2,1-4H3,(H,21,25)(H,23,24)/t13-,14?,19?/m0/s1. The highest BCUT2D eigenvalue weighted by Gasteiger charge is 2.47. The largest absolute Gasteiger partial charge is 0.479 e. The van der Waals surface area contributed by atoms with Crippen molar-refractivity contribution in [3.8, 4) is 0 Å². The van der Waals surface area contributed by atoms with Gasteiger partial charge in [-0.05, 0) is 26.3 Å². The van der Waals surface area contributed by atoms with Gasteiger partial charge in [0, 0.05) is 12.2 Å². The Morgan fingerprint density at radius 2 is 1.89 bits per heavy atom. The number of rotatable bonds is 6. The highest BCUT2D eigenvalue weighted by molar-refractivity contribution is 8.00. The second-order valence-corrected chi connectivity index (χ2v) is 8.71. The number of carbonyl (C=O) groups is 3. The minimum atomic E-state index is -1.72. The van der Waals surface area contributed by atoms with E-state index in [2.05, 4.69) is 10.6 Å². The number of hydrogen-bond acceptors (Lipinski definition) is 7. The summed E-state index contributed by atoms with van der Waals surface area (Å²) >= 11 is 1.41. The normalized spacial score (nSPS) is 21.4. The Labute approximate surface area is 168 Å². The van der Waals surface area contributed by atoms with Gasteiger partial charge in [-0.25, -0.2) is 9.59 Å². The number of amides is 1. The molecule has 1 aromatic carbocycles. The average molecular weight is 410 g/mol. The Morgan fingerprint density at radius 1 is 1.25 bits per heavy atom. The number of aliphatic carboxylic acids is 1. The Kier molecular flexibility index (Phi) is 6.95. The van der Waals surface area contributed by atoms with Gasteiger partial charge in [0.15, 0.2) is 5.54 Å². The zero-order valence-corrected chi connectivity index (χ0v) is 17.2. The van der Waals surface area contributed by atoms with Crippen LogP contribution >= 0.6 is 11.8 Å². The summed E-state index contributed by atoms with van der Waals surface area (Å²) < 4.78 is 10.0. The Balaban J connectivity index is 2.31. The molecular weight excluding hydrogens is 384 g/mol. The van der Waals surface area contributed by atoms with Gasteiger partial charge in [-0.15, -0.1) is 11.8 Å². The van der Waals surface area contributed by atoms with E-state index >= 15 is 0 Å². The molecule has 154 valence electrons. The number of hydrogen-bond donors (Lipinski definition) is 3. The Bertz CT molecular complexity index is 721. The van der Waals surface area contributed by atoms with Crippen molar-refractivity contribution in [3.05, 3.63) is 35.9 Å². The molecule has 3 N–H and O–H groups in total. The molecule has 0 saturated carbocycles. The van der Waals surface area contributed by atoms with Crippen molar-refractivity contribution in [2.75, 3.05) is 12.9 Å². The van der Waals surface area contributed by atoms with Crippen molar-refractivity contribution in [1.82, 2.24) is 10.6 Å². The minimum Gasteiger partial charge on any atom is -0.479 e. The minimum absolute atomic E-state index is 0.0176. The van der Waals surface area contributed by atoms with Crippen LogP contribution in [-0.4, -0.2) is 53.0 Å². The first-order valence-electron chi connectivity index (χ1n) is 8.83. The van der Waals surface area contributed by atoms with Crippen molar-refractivity contribution in [1.29, 1.82) is 0 Å². The van der Waals surface area contributed by atoms with E-state index in [1.54, 1.807) is 51.1 Å². The summed E-state index contributed by atoms with van der Waals surface area (Å²) in [5, 5.41) is 15.4. The summed E-state index contributed by atoms with van der Waals surface area (Å²) in [6.45, 7) is 5.10. The number of carboxylic acid groups (broad SMARTS) is 1. The molecule has 3 atom stereocenters. The average Bonchev–Trinajstić information content (AvgIpc) is 3.07. The van der Waals surface area contributed by atoms with Gasteiger partial charge >= 0.3 is 18.0 Å². The SMILES string of the molecule is COC(=O)[C@@H]1CSC(CC(NC(=O)OC(C)(C)C)(C(=O)O)c2ccccc2)N1. The molecule has 1 heterocycles. The quantitative estimate of drug-likeness (QED) is 0.611. The van der Waals surface area contributed by atoms with E-state index in [4.69, 9.17) is 9.47 Å². The van der Waals surface area contributed by atoms with Crippen LogP contribution in [0.15, 0.2) is 30.3 Å². The summed E-state index contributed by atoms with van der Waals surface area (Å²) in [5.41, 5.74) is -2.09. The molecule has 1 saturated heterocycles. The third-order valence-electron chi connectivity index (χ3n) is 4.17. The second kappa shape index (κ2) is 8.83. The lowest BCUT2D eigenvalue weighted by Gasteiger charge is -2.34. The predicted octanol–water partition coefficient (Wildman–Crippen LogP) is 2.09. The fraction of sp³-hybridized carbons (Fsp3) is 0.526. The lowest BCUT2D eigenvalue weighted by Crippen LogP contribution is -2.55. The lowest BCUT2D eigenvalue weighted by molar-refractivity contribution is -0.145. The molecule has 0 aromatic heterocycles. The first-order valence-corrected chi connectivity index (χ1v) is 9.88. The van der Waals surface area contributed by atoms with Crippen molar-refractivity contribution in [2.45, 2.75) is 49.7 Å². The molecule has 1 fully saturated rings. The van der Waals surface area contributed by atoms with Gasteiger partial charge < -0.3 is 19.9 Å². The highest BCUT2D eigenvalue weighted by Crippen LogP contribution is 2.34. The summed E-state index contributed by atoms with van der Waals surface area (Å²) in [6.07, 6.45) is -0.810. The maximum absolute atomic E-state index is 12.4. The van der Waals surface area contributed by atoms with Gasteiger partial charge in [-0.3, -0.25) is 10.1 Å². The predicted molar refractivity (Wildman–Crippen MR) is 105 cm³/mol. The highest BCUT2D eigenvalue weighted by atomic mass is 32.2. The number of thioether (sulfide) groups is 1. The van der Waals surface area contributed by atoms with E-state index in [1.807, 2.05) is 0 Å². The zero-order valence-electron chi connectivity index (χ0n) is 16.4. The van der Waals surface area contributed by atoms with Crippen LogP contribution in [0.5, 0.6) is 0 Å². The molecule has 28 heavy (non-hydrogen) atoms. The number of carbonyl (C=O) groups excluding carboxylic acids is 2. The molecule has 9 heteroatoms. The van der Waals surface area contributed by atoms with Crippen molar-refractivity contribution >= 4 is 29.8 Å². The molecule has 8 nitrogen and oxygen atoms in total. The molecule has 2 rings (SSSR count). The number of ether oxygens (including phenoxy) is 2. The molecule has 0 bridgehead atoms. The molecule has 1 aliphatic rings. The fourth-order valence-corrected chi connectivity index (χ4v) is 4.20. The summed E-state index contributed by atoms with van der Waals surface area (Å²) in [5.74, 6) is -1.17. The molecule has 0 spiro atoms. The van der Waals surface area contributed by atoms with Crippen LogP contribution in [-0.2, 0) is 24.6 Å². The van der Waals surface area contributed by atoms with Crippen LogP contribution in [0.1, 0.15) is 32.8 Å². The van der Waals surface area contributed by atoms with Gasteiger partial charge in [-0.2, -0.15) is 0 Å². The maximum atomic E-state index is 12.4. The molecule has 2 unspecified atom stereocenters. The zero-order chi connectivity index (χ0) is 20.9. The third kappa shape index (κ3) is 5.39. The first kappa shape index (κ1) is 22.0. The molecule has 0 aliphatic carbocycles. The van der Waals surface area contributed by atoms with Crippen LogP contribution in [0.3, 0.4) is 0 Å². The maximum Gasteiger partial charge on any atom is 0.408 e. The van der Waals surface area contributed by atoms with E-state index in [0.29, 0.717) is 11.3 Å². The second-order valence-electron chi connectivity index (χ2n) is 7.47. The van der Waals surface area contributed by atoms with Gasteiger partial charge in [0.05, 0.1) is 12.5 Å².